The molecule has 1 unspecified atom stereocenters. The topological polar surface area (TPSA) is 21.3 Å². The van der Waals surface area contributed by atoms with E-state index in [1.165, 1.54) is 0 Å². The van der Waals surface area contributed by atoms with Crippen molar-refractivity contribution in [3.8, 4) is 0 Å². The fourth-order valence-electron chi connectivity index (χ4n) is 1.19. The number of ether oxygens (including phenoxy) is 1. The van der Waals surface area contributed by atoms with E-state index >= 15 is 0 Å². The van der Waals surface area contributed by atoms with Crippen LogP contribution in [0.3, 0.4) is 0 Å². The zero-order chi connectivity index (χ0) is 10.5. The van der Waals surface area contributed by atoms with Crippen LogP contribution in [0.2, 0.25) is 0 Å². The van der Waals surface area contributed by atoms with Crippen LogP contribution in [0.4, 0.5) is 0 Å². The molecule has 2 heteroatoms. The maximum absolute atomic E-state index is 5.22. The first kappa shape index (κ1) is 12.9. The van der Waals surface area contributed by atoms with Gasteiger partial charge in [-0.1, -0.05) is 34.6 Å². The number of nitrogens with one attached hydrogen (secondary N) is 1. The van der Waals surface area contributed by atoms with Gasteiger partial charge in [0.2, 0.25) is 0 Å². The summed E-state index contributed by atoms with van der Waals surface area (Å²) in [6.45, 7) is 13.0. The maximum atomic E-state index is 5.22. The molecule has 0 radical (unpaired) electrons. The summed E-state index contributed by atoms with van der Waals surface area (Å²) in [5.74, 6) is 0.583. The second-order valence-corrected chi connectivity index (χ2v) is 5.08. The van der Waals surface area contributed by atoms with Crippen LogP contribution >= 0.6 is 0 Å². The number of hydrogen-bond acceptors (Lipinski definition) is 2. The summed E-state index contributed by atoms with van der Waals surface area (Å²) in [5, 5.41) is 3.46. The molecule has 0 aliphatic rings. The predicted octanol–water partition coefficient (Wildman–Crippen LogP) is 2.29. The Kier molecular flexibility index (Phi) is 5.57. The molecule has 2 nitrogen and oxygen atoms in total. The van der Waals surface area contributed by atoms with Crippen LogP contribution in [0.1, 0.15) is 34.6 Å². The Morgan fingerprint density at radius 1 is 1.23 bits per heavy atom. The Hall–Kier alpha value is -0.0800. The first-order valence-corrected chi connectivity index (χ1v) is 5.10. The molecule has 0 aliphatic carbocycles. The normalized spacial score (nSPS) is 15.0. The molecule has 1 N–H and O–H groups in total. The minimum atomic E-state index is 0.317. The van der Waals surface area contributed by atoms with E-state index in [2.05, 4.69) is 39.9 Å². The monoisotopic (exact) mass is 187 g/mol. The molecule has 0 fully saturated rings. The van der Waals surface area contributed by atoms with Crippen molar-refractivity contribution in [1.82, 2.24) is 5.32 Å². The summed E-state index contributed by atoms with van der Waals surface area (Å²) >= 11 is 0. The second kappa shape index (κ2) is 5.61. The molecule has 0 rings (SSSR count). The highest BCUT2D eigenvalue weighted by atomic mass is 16.5. The smallest absolute Gasteiger partial charge is 0.0507 e. The maximum Gasteiger partial charge on any atom is 0.0507 e. The Bertz CT molecular complexity index is 127. The summed E-state index contributed by atoms with van der Waals surface area (Å²) in [6.07, 6.45) is 0. The fraction of sp³-hybridized carbons (Fsp3) is 1.00. The Balaban J connectivity index is 3.95. The number of rotatable bonds is 5. The van der Waals surface area contributed by atoms with E-state index in [0.717, 1.165) is 13.2 Å². The molecular formula is C11H25NO. The highest BCUT2D eigenvalue weighted by Gasteiger charge is 2.24. The second-order valence-electron chi connectivity index (χ2n) is 5.08. The molecular weight excluding hydrogens is 162 g/mol. The van der Waals surface area contributed by atoms with Crippen LogP contribution < -0.4 is 5.32 Å². The molecule has 1 atom stereocenters. The van der Waals surface area contributed by atoms with E-state index in [0.29, 0.717) is 17.4 Å². The third-order valence-electron chi connectivity index (χ3n) is 2.37. The molecule has 0 amide bonds. The summed E-state index contributed by atoms with van der Waals surface area (Å²) in [6, 6.07) is 0.557. The summed E-state index contributed by atoms with van der Waals surface area (Å²) in [7, 11) is 1.77. The van der Waals surface area contributed by atoms with E-state index in [9.17, 15) is 0 Å². The lowest BCUT2D eigenvalue weighted by Gasteiger charge is -2.31. The molecule has 0 aromatic heterocycles. The minimum absolute atomic E-state index is 0.317. The van der Waals surface area contributed by atoms with Gasteiger partial charge >= 0.3 is 0 Å². The Morgan fingerprint density at radius 2 is 1.77 bits per heavy atom. The van der Waals surface area contributed by atoms with Crippen molar-refractivity contribution in [3.63, 3.8) is 0 Å². The van der Waals surface area contributed by atoms with Crippen molar-refractivity contribution in [2.24, 2.45) is 11.3 Å². The van der Waals surface area contributed by atoms with Gasteiger partial charge in [-0.05, 0) is 11.3 Å². The molecule has 0 heterocycles. The largest absolute Gasteiger partial charge is 0.384 e. The van der Waals surface area contributed by atoms with Gasteiger partial charge in [-0.3, -0.25) is 0 Å². The van der Waals surface area contributed by atoms with Crippen LogP contribution in [-0.4, -0.2) is 26.3 Å². The van der Waals surface area contributed by atoms with Crippen molar-refractivity contribution in [2.75, 3.05) is 20.3 Å². The van der Waals surface area contributed by atoms with Crippen molar-refractivity contribution in [2.45, 2.75) is 40.7 Å². The van der Waals surface area contributed by atoms with Crippen LogP contribution in [-0.2, 0) is 4.74 Å². The predicted molar refractivity (Wildman–Crippen MR) is 58.0 cm³/mol. The molecule has 0 bridgehead atoms. The van der Waals surface area contributed by atoms with Crippen LogP contribution in [0.15, 0.2) is 0 Å². The molecule has 0 spiro atoms. The van der Waals surface area contributed by atoms with Gasteiger partial charge in [0.15, 0.2) is 0 Å². The third kappa shape index (κ3) is 6.05. The average molecular weight is 187 g/mol. The van der Waals surface area contributed by atoms with Crippen molar-refractivity contribution in [3.05, 3.63) is 0 Å². The Morgan fingerprint density at radius 3 is 2.08 bits per heavy atom. The zero-order valence-electron chi connectivity index (χ0n) is 9.98. The van der Waals surface area contributed by atoms with Crippen LogP contribution in [0, 0.1) is 11.3 Å². The standard InChI is InChI=1S/C11H25NO/c1-9(2)12-7-10(8-13-6)11(3,4)5/h9-10,12H,7-8H2,1-6H3. The lowest BCUT2D eigenvalue weighted by Crippen LogP contribution is -2.37. The van der Waals surface area contributed by atoms with E-state index in [4.69, 9.17) is 4.74 Å². The van der Waals surface area contributed by atoms with Crippen LogP contribution in [0.25, 0.3) is 0 Å². The van der Waals surface area contributed by atoms with Gasteiger partial charge in [-0.2, -0.15) is 0 Å². The minimum Gasteiger partial charge on any atom is -0.384 e. The molecule has 0 aliphatic heterocycles. The zero-order valence-corrected chi connectivity index (χ0v) is 9.98. The molecule has 80 valence electrons. The van der Waals surface area contributed by atoms with E-state index < -0.39 is 0 Å². The van der Waals surface area contributed by atoms with E-state index in [1.807, 2.05) is 0 Å². The van der Waals surface area contributed by atoms with Gasteiger partial charge < -0.3 is 10.1 Å². The SMILES string of the molecule is COCC(CNC(C)C)C(C)(C)C. The third-order valence-corrected chi connectivity index (χ3v) is 2.37. The number of hydrogen-bond donors (Lipinski definition) is 1. The van der Waals surface area contributed by atoms with Crippen molar-refractivity contribution >= 4 is 0 Å². The molecule has 0 aromatic carbocycles. The van der Waals surface area contributed by atoms with E-state index in [1.54, 1.807) is 7.11 Å². The quantitative estimate of drug-likeness (QED) is 0.713. The molecule has 13 heavy (non-hydrogen) atoms. The van der Waals surface area contributed by atoms with Gasteiger partial charge in [0, 0.05) is 19.7 Å². The molecule has 0 saturated heterocycles. The van der Waals surface area contributed by atoms with Crippen molar-refractivity contribution < 1.29 is 4.74 Å². The first-order chi connectivity index (χ1) is 5.88. The van der Waals surface area contributed by atoms with Gasteiger partial charge in [0.25, 0.3) is 0 Å². The van der Waals surface area contributed by atoms with Gasteiger partial charge in [0.05, 0.1) is 6.61 Å². The summed E-state index contributed by atoms with van der Waals surface area (Å²) < 4.78 is 5.22. The molecule has 0 saturated carbocycles. The van der Waals surface area contributed by atoms with E-state index in [-0.39, 0.29) is 0 Å². The summed E-state index contributed by atoms with van der Waals surface area (Å²) in [5.41, 5.74) is 0.317. The molecule has 0 aromatic rings. The first-order valence-electron chi connectivity index (χ1n) is 5.10. The lowest BCUT2D eigenvalue weighted by molar-refractivity contribution is 0.0883. The van der Waals surface area contributed by atoms with Crippen molar-refractivity contribution in [1.29, 1.82) is 0 Å². The average Bonchev–Trinajstić information content (AvgIpc) is 1.95. The number of methoxy groups -OCH3 is 1. The summed E-state index contributed by atoms with van der Waals surface area (Å²) in [4.78, 5) is 0. The van der Waals surface area contributed by atoms with Gasteiger partial charge in [-0.15, -0.1) is 0 Å². The fourth-order valence-corrected chi connectivity index (χ4v) is 1.19. The highest BCUT2D eigenvalue weighted by molar-refractivity contribution is 4.76. The Labute approximate surface area is 83.1 Å². The van der Waals surface area contributed by atoms with Crippen LogP contribution in [0.5, 0.6) is 0 Å². The van der Waals surface area contributed by atoms with Gasteiger partial charge in [0.1, 0.15) is 0 Å². The lowest BCUT2D eigenvalue weighted by atomic mass is 9.81. The van der Waals surface area contributed by atoms with Gasteiger partial charge in [-0.25, -0.2) is 0 Å². The highest BCUT2D eigenvalue weighted by Crippen LogP contribution is 2.25.